The van der Waals surface area contributed by atoms with Gasteiger partial charge in [-0.3, -0.25) is 0 Å². The Bertz CT molecular complexity index is 558. The van der Waals surface area contributed by atoms with Crippen LogP contribution in [0.5, 0.6) is 0 Å². The van der Waals surface area contributed by atoms with Crippen LogP contribution in [0.3, 0.4) is 0 Å². The molecule has 0 saturated heterocycles. The largest absolute Gasteiger partial charge is 0.324 e. The summed E-state index contributed by atoms with van der Waals surface area (Å²) in [5.41, 5.74) is 6.94. The third kappa shape index (κ3) is 3.18. The summed E-state index contributed by atoms with van der Waals surface area (Å²) in [6.45, 7) is 1.94. The zero-order chi connectivity index (χ0) is 13.1. The first-order valence-electron chi connectivity index (χ1n) is 5.41. The minimum Gasteiger partial charge on any atom is -0.324 e. The van der Waals surface area contributed by atoms with Gasteiger partial charge in [-0.15, -0.1) is 0 Å². The van der Waals surface area contributed by atoms with E-state index in [0.29, 0.717) is 10.0 Å². The smallest absolute Gasteiger partial charge is 0.105 e. The van der Waals surface area contributed by atoms with Gasteiger partial charge < -0.3 is 5.73 Å². The molecule has 1 aromatic heterocycles. The lowest BCUT2D eigenvalue weighted by molar-refractivity contribution is 0.779. The molecule has 0 radical (unpaired) electrons. The first-order chi connectivity index (χ1) is 8.58. The number of aromatic nitrogens is 1. The summed E-state index contributed by atoms with van der Waals surface area (Å²) in [4.78, 5) is 5.34. The number of halogens is 2. The third-order valence-corrected chi connectivity index (χ3v) is 4.16. The lowest BCUT2D eigenvalue weighted by atomic mass is 10.2. The molecular formula is C13H12Cl2N2S. The van der Waals surface area contributed by atoms with E-state index in [1.165, 1.54) is 11.8 Å². The van der Waals surface area contributed by atoms with Gasteiger partial charge in [0.2, 0.25) is 0 Å². The summed E-state index contributed by atoms with van der Waals surface area (Å²) in [6.07, 6.45) is 1.76. The van der Waals surface area contributed by atoms with Crippen molar-refractivity contribution in [2.75, 3.05) is 0 Å². The van der Waals surface area contributed by atoms with E-state index in [1.807, 2.05) is 31.2 Å². The van der Waals surface area contributed by atoms with Gasteiger partial charge in [-0.2, -0.15) is 0 Å². The molecule has 1 aromatic carbocycles. The van der Waals surface area contributed by atoms with Crippen molar-refractivity contribution in [3.05, 3.63) is 52.1 Å². The molecule has 2 aromatic rings. The lowest BCUT2D eigenvalue weighted by Crippen LogP contribution is -2.07. The average molecular weight is 299 g/mol. The molecule has 2 nitrogen and oxygen atoms in total. The summed E-state index contributed by atoms with van der Waals surface area (Å²) >= 11 is 13.4. The Labute approximate surface area is 121 Å². The van der Waals surface area contributed by atoms with Crippen molar-refractivity contribution < 1.29 is 0 Å². The van der Waals surface area contributed by atoms with Crippen LogP contribution in [0.15, 0.2) is 46.5 Å². The van der Waals surface area contributed by atoms with Crippen LogP contribution >= 0.6 is 35.0 Å². The van der Waals surface area contributed by atoms with E-state index in [1.54, 1.807) is 12.3 Å². The number of hydrogen-bond acceptors (Lipinski definition) is 3. The first-order valence-corrected chi connectivity index (χ1v) is 6.98. The molecule has 0 saturated carbocycles. The van der Waals surface area contributed by atoms with Crippen LogP contribution in [-0.4, -0.2) is 4.98 Å². The Morgan fingerprint density at radius 2 is 2.00 bits per heavy atom. The molecule has 0 aliphatic heterocycles. The maximum atomic E-state index is 5.99. The van der Waals surface area contributed by atoms with E-state index < -0.39 is 0 Å². The van der Waals surface area contributed by atoms with Gasteiger partial charge in [0.05, 0.1) is 10.0 Å². The quantitative estimate of drug-likeness (QED) is 0.903. The van der Waals surface area contributed by atoms with Gasteiger partial charge >= 0.3 is 0 Å². The van der Waals surface area contributed by atoms with E-state index in [2.05, 4.69) is 4.98 Å². The van der Waals surface area contributed by atoms with Crippen molar-refractivity contribution in [2.45, 2.75) is 22.9 Å². The molecule has 0 spiro atoms. The van der Waals surface area contributed by atoms with Gasteiger partial charge in [0.25, 0.3) is 0 Å². The fraction of sp³-hybridized carbons (Fsp3) is 0.154. The standard InChI is InChI=1S/C13H12Cl2N2S/c1-8(16)10-3-2-6-17-13(10)18-9-4-5-11(14)12(15)7-9/h2-8H,16H2,1H3. The summed E-state index contributed by atoms with van der Waals surface area (Å²) < 4.78 is 0. The van der Waals surface area contributed by atoms with Crippen LogP contribution in [0.1, 0.15) is 18.5 Å². The van der Waals surface area contributed by atoms with E-state index in [0.717, 1.165) is 15.5 Å². The zero-order valence-corrected chi connectivity index (χ0v) is 12.1. The second-order valence-corrected chi connectivity index (χ2v) is 5.74. The minimum absolute atomic E-state index is 0.0519. The number of nitrogens with zero attached hydrogens (tertiary/aromatic N) is 1. The Balaban J connectivity index is 2.31. The molecule has 5 heteroatoms. The Morgan fingerprint density at radius 3 is 2.67 bits per heavy atom. The number of pyridine rings is 1. The van der Waals surface area contributed by atoms with E-state index >= 15 is 0 Å². The first kappa shape index (κ1) is 13.7. The van der Waals surface area contributed by atoms with Crippen molar-refractivity contribution in [2.24, 2.45) is 5.73 Å². The van der Waals surface area contributed by atoms with Crippen LogP contribution in [0.2, 0.25) is 10.0 Å². The van der Waals surface area contributed by atoms with Crippen molar-refractivity contribution in [1.29, 1.82) is 0 Å². The predicted octanol–water partition coefficient (Wildman–Crippen LogP) is 4.56. The molecule has 18 heavy (non-hydrogen) atoms. The highest BCUT2D eigenvalue weighted by Gasteiger charge is 2.09. The van der Waals surface area contributed by atoms with Crippen molar-refractivity contribution in [3.8, 4) is 0 Å². The second kappa shape index (κ2) is 5.93. The number of rotatable bonds is 3. The topological polar surface area (TPSA) is 38.9 Å². The van der Waals surface area contributed by atoms with Gasteiger partial charge in [-0.05, 0) is 31.2 Å². The molecule has 1 unspecified atom stereocenters. The van der Waals surface area contributed by atoms with E-state index in [4.69, 9.17) is 28.9 Å². The van der Waals surface area contributed by atoms with Crippen molar-refractivity contribution >= 4 is 35.0 Å². The predicted molar refractivity (Wildman–Crippen MR) is 77.4 cm³/mol. The number of nitrogens with two attached hydrogens (primary N) is 1. The Hall–Kier alpha value is -0.740. The molecule has 1 atom stereocenters. The minimum atomic E-state index is -0.0519. The maximum absolute atomic E-state index is 5.99. The summed E-state index contributed by atoms with van der Waals surface area (Å²) in [6, 6.07) is 9.34. The van der Waals surface area contributed by atoms with Crippen LogP contribution < -0.4 is 5.73 Å². The molecule has 2 rings (SSSR count). The Kier molecular flexibility index (Phi) is 4.51. The van der Waals surface area contributed by atoms with Gasteiger partial charge in [0.15, 0.2) is 0 Å². The van der Waals surface area contributed by atoms with Crippen LogP contribution in [-0.2, 0) is 0 Å². The van der Waals surface area contributed by atoms with Crippen molar-refractivity contribution in [3.63, 3.8) is 0 Å². The summed E-state index contributed by atoms with van der Waals surface area (Å²) in [5.74, 6) is 0. The molecule has 1 heterocycles. The highest BCUT2D eigenvalue weighted by atomic mass is 35.5. The van der Waals surface area contributed by atoms with Crippen LogP contribution in [0.25, 0.3) is 0 Å². The molecule has 94 valence electrons. The van der Waals surface area contributed by atoms with E-state index in [-0.39, 0.29) is 6.04 Å². The fourth-order valence-corrected chi connectivity index (χ4v) is 2.87. The normalized spacial score (nSPS) is 12.4. The molecule has 0 bridgehead atoms. The van der Waals surface area contributed by atoms with E-state index in [9.17, 15) is 0 Å². The average Bonchev–Trinajstić information content (AvgIpc) is 2.34. The maximum Gasteiger partial charge on any atom is 0.105 e. The Morgan fingerprint density at radius 1 is 1.22 bits per heavy atom. The zero-order valence-electron chi connectivity index (χ0n) is 9.73. The number of hydrogen-bond donors (Lipinski definition) is 1. The fourth-order valence-electron chi connectivity index (χ4n) is 1.49. The molecule has 0 aliphatic carbocycles. The third-order valence-electron chi connectivity index (χ3n) is 2.40. The van der Waals surface area contributed by atoms with Gasteiger partial charge in [-0.1, -0.05) is 41.0 Å². The summed E-state index contributed by atoms with van der Waals surface area (Å²) in [7, 11) is 0. The SMILES string of the molecule is CC(N)c1cccnc1Sc1ccc(Cl)c(Cl)c1. The number of benzene rings is 1. The lowest BCUT2D eigenvalue weighted by Gasteiger charge is -2.11. The van der Waals surface area contributed by atoms with Gasteiger partial charge in [0.1, 0.15) is 5.03 Å². The van der Waals surface area contributed by atoms with Crippen molar-refractivity contribution in [1.82, 2.24) is 4.98 Å². The van der Waals surface area contributed by atoms with Gasteiger partial charge in [-0.25, -0.2) is 4.98 Å². The second-order valence-electron chi connectivity index (χ2n) is 3.86. The highest BCUT2D eigenvalue weighted by molar-refractivity contribution is 7.99. The molecule has 0 aliphatic rings. The van der Waals surface area contributed by atoms with Crippen LogP contribution in [0.4, 0.5) is 0 Å². The van der Waals surface area contributed by atoms with Crippen LogP contribution in [0, 0.1) is 0 Å². The highest BCUT2D eigenvalue weighted by Crippen LogP contribution is 2.34. The summed E-state index contributed by atoms with van der Waals surface area (Å²) in [5, 5.41) is 1.99. The molecule has 2 N–H and O–H groups in total. The molecule has 0 fully saturated rings. The monoisotopic (exact) mass is 298 g/mol. The molecular weight excluding hydrogens is 287 g/mol. The molecule has 0 amide bonds. The van der Waals surface area contributed by atoms with Gasteiger partial charge in [0, 0.05) is 22.7 Å².